The predicted octanol–water partition coefficient (Wildman–Crippen LogP) is 1.31. The molecular weight excluding hydrogens is 242 g/mol. The van der Waals surface area contributed by atoms with Crippen molar-refractivity contribution >= 4 is 11.8 Å². The van der Waals surface area contributed by atoms with Gasteiger partial charge in [0.25, 0.3) is 5.91 Å². The van der Waals surface area contributed by atoms with Gasteiger partial charge in [-0.3, -0.25) is 14.6 Å². The van der Waals surface area contributed by atoms with Crippen LogP contribution in [0.2, 0.25) is 0 Å². The minimum atomic E-state index is -0.497. The zero-order valence-electron chi connectivity index (χ0n) is 11.9. The summed E-state index contributed by atoms with van der Waals surface area (Å²) in [4.78, 5) is 29.5. The van der Waals surface area contributed by atoms with Gasteiger partial charge in [-0.15, -0.1) is 0 Å². The van der Waals surface area contributed by atoms with Crippen molar-refractivity contribution in [3.8, 4) is 0 Å². The molecule has 1 N–H and O–H groups in total. The van der Waals surface area contributed by atoms with Gasteiger partial charge in [-0.25, -0.2) is 0 Å². The maximum atomic E-state index is 12.0. The van der Waals surface area contributed by atoms with E-state index in [1.165, 1.54) is 11.1 Å². The molecule has 1 aromatic rings. The number of nitrogens with one attached hydrogen (secondary N) is 1. The number of carbonyl (C=O) groups excluding carboxylic acids is 2. The number of carbonyl (C=O) groups is 2. The quantitative estimate of drug-likeness (QED) is 0.871. The van der Waals surface area contributed by atoms with E-state index in [0.29, 0.717) is 17.9 Å². The third kappa shape index (κ3) is 4.69. The Bertz CT molecular complexity index is 430. The van der Waals surface area contributed by atoms with Crippen LogP contribution in [-0.4, -0.2) is 41.8 Å². The minimum Gasteiger partial charge on any atom is -0.347 e. The molecule has 0 saturated heterocycles. The highest BCUT2D eigenvalue weighted by Gasteiger charge is 2.23. The van der Waals surface area contributed by atoms with Crippen LogP contribution in [0.25, 0.3) is 0 Å². The number of pyridine rings is 1. The zero-order chi connectivity index (χ0) is 14.4. The molecule has 104 valence electrons. The van der Waals surface area contributed by atoms with Crippen LogP contribution in [0.4, 0.5) is 0 Å². The molecule has 5 nitrogen and oxygen atoms in total. The number of hydrogen-bond donors (Lipinski definition) is 1. The SMILES string of the molecule is CC(C)CC(NC(=O)c1cccnc1)C(=O)N(C)C. The Kier molecular flexibility index (Phi) is 5.48. The fraction of sp³-hybridized carbons (Fsp3) is 0.500. The average Bonchev–Trinajstić information content (AvgIpc) is 2.37. The highest BCUT2D eigenvalue weighted by molar-refractivity contribution is 5.97. The lowest BCUT2D eigenvalue weighted by molar-refractivity contribution is -0.131. The van der Waals surface area contributed by atoms with Crippen molar-refractivity contribution in [2.75, 3.05) is 14.1 Å². The summed E-state index contributed by atoms with van der Waals surface area (Å²) in [7, 11) is 3.37. The molecule has 0 radical (unpaired) electrons. The number of nitrogens with zero attached hydrogens (tertiary/aromatic N) is 2. The summed E-state index contributed by atoms with van der Waals surface area (Å²) in [6, 6.07) is 2.87. The van der Waals surface area contributed by atoms with Crippen LogP contribution >= 0.6 is 0 Å². The van der Waals surface area contributed by atoms with E-state index in [9.17, 15) is 9.59 Å². The monoisotopic (exact) mass is 263 g/mol. The fourth-order valence-corrected chi connectivity index (χ4v) is 1.74. The van der Waals surface area contributed by atoms with Crippen molar-refractivity contribution < 1.29 is 9.59 Å². The van der Waals surface area contributed by atoms with Crippen LogP contribution in [0, 0.1) is 5.92 Å². The molecule has 0 aliphatic carbocycles. The van der Waals surface area contributed by atoms with Gasteiger partial charge in [0.1, 0.15) is 6.04 Å². The molecule has 1 unspecified atom stereocenters. The molecule has 0 aliphatic heterocycles. The average molecular weight is 263 g/mol. The van der Waals surface area contributed by atoms with Gasteiger partial charge >= 0.3 is 0 Å². The van der Waals surface area contributed by atoms with Gasteiger partial charge in [-0.2, -0.15) is 0 Å². The lowest BCUT2D eigenvalue weighted by atomic mass is 10.0. The van der Waals surface area contributed by atoms with E-state index in [1.807, 2.05) is 13.8 Å². The van der Waals surface area contributed by atoms with Gasteiger partial charge in [0.05, 0.1) is 5.56 Å². The number of hydrogen-bond acceptors (Lipinski definition) is 3. The first-order valence-electron chi connectivity index (χ1n) is 6.34. The van der Waals surface area contributed by atoms with Gasteiger partial charge < -0.3 is 10.2 Å². The third-order valence-corrected chi connectivity index (χ3v) is 2.68. The van der Waals surface area contributed by atoms with E-state index in [1.54, 1.807) is 32.4 Å². The first-order chi connectivity index (χ1) is 8.91. The second kappa shape index (κ2) is 6.87. The van der Waals surface area contributed by atoms with Crippen molar-refractivity contribution in [3.05, 3.63) is 30.1 Å². The van der Waals surface area contributed by atoms with Crippen molar-refractivity contribution in [2.24, 2.45) is 5.92 Å². The van der Waals surface area contributed by atoms with Crippen LogP contribution in [0.1, 0.15) is 30.6 Å². The predicted molar refractivity (Wildman–Crippen MR) is 73.6 cm³/mol. The number of aromatic nitrogens is 1. The first kappa shape index (κ1) is 15.1. The van der Waals surface area contributed by atoms with Crippen LogP contribution in [0.3, 0.4) is 0 Å². The van der Waals surface area contributed by atoms with Crippen molar-refractivity contribution in [1.82, 2.24) is 15.2 Å². The molecule has 0 bridgehead atoms. The largest absolute Gasteiger partial charge is 0.347 e. The van der Waals surface area contributed by atoms with E-state index >= 15 is 0 Å². The van der Waals surface area contributed by atoms with E-state index < -0.39 is 6.04 Å². The Morgan fingerprint density at radius 3 is 2.53 bits per heavy atom. The smallest absolute Gasteiger partial charge is 0.253 e. The molecule has 1 aromatic heterocycles. The Balaban J connectivity index is 2.77. The van der Waals surface area contributed by atoms with Crippen LogP contribution in [-0.2, 0) is 4.79 Å². The Hall–Kier alpha value is -1.91. The van der Waals surface area contributed by atoms with Crippen LogP contribution in [0.5, 0.6) is 0 Å². The van der Waals surface area contributed by atoms with E-state index in [-0.39, 0.29) is 11.8 Å². The Morgan fingerprint density at radius 2 is 2.05 bits per heavy atom. The Morgan fingerprint density at radius 1 is 1.37 bits per heavy atom. The second-order valence-electron chi connectivity index (χ2n) is 5.13. The van der Waals surface area contributed by atoms with Crippen molar-refractivity contribution in [2.45, 2.75) is 26.3 Å². The van der Waals surface area contributed by atoms with E-state index in [2.05, 4.69) is 10.3 Å². The van der Waals surface area contributed by atoms with Crippen molar-refractivity contribution in [3.63, 3.8) is 0 Å². The van der Waals surface area contributed by atoms with Gasteiger partial charge in [0, 0.05) is 26.5 Å². The molecule has 1 atom stereocenters. The summed E-state index contributed by atoms with van der Waals surface area (Å²) in [5.74, 6) is -0.0389. The molecule has 0 aromatic carbocycles. The summed E-state index contributed by atoms with van der Waals surface area (Å²) in [5.41, 5.74) is 0.461. The third-order valence-electron chi connectivity index (χ3n) is 2.68. The maximum absolute atomic E-state index is 12.0. The molecule has 0 aliphatic rings. The summed E-state index contributed by atoms with van der Waals surface area (Å²) in [5, 5.41) is 2.78. The summed E-state index contributed by atoms with van der Waals surface area (Å²) in [6.45, 7) is 4.04. The lowest BCUT2D eigenvalue weighted by Crippen LogP contribution is -2.46. The number of rotatable bonds is 5. The molecular formula is C14H21N3O2. The topological polar surface area (TPSA) is 62.3 Å². The van der Waals surface area contributed by atoms with Crippen molar-refractivity contribution in [1.29, 1.82) is 0 Å². The molecule has 0 saturated carbocycles. The second-order valence-corrected chi connectivity index (χ2v) is 5.13. The standard InChI is InChI=1S/C14H21N3O2/c1-10(2)8-12(14(19)17(3)4)16-13(18)11-6-5-7-15-9-11/h5-7,9-10,12H,8H2,1-4H3,(H,16,18). The highest BCUT2D eigenvalue weighted by Crippen LogP contribution is 2.08. The van der Waals surface area contributed by atoms with Gasteiger partial charge in [-0.1, -0.05) is 13.8 Å². The van der Waals surface area contributed by atoms with E-state index in [4.69, 9.17) is 0 Å². The molecule has 1 heterocycles. The number of likely N-dealkylation sites (N-methyl/N-ethyl adjacent to an activating group) is 1. The molecule has 19 heavy (non-hydrogen) atoms. The highest BCUT2D eigenvalue weighted by atomic mass is 16.2. The fourth-order valence-electron chi connectivity index (χ4n) is 1.74. The molecule has 0 fully saturated rings. The maximum Gasteiger partial charge on any atom is 0.253 e. The molecule has 5 heteroatoms. The Labute approximate surface area is 114 Å². The van der Waals surface area contributed by atoms with Crippen LogP contribution < -0.4 is 5.32 Å². The van der Waals surface area contributed by atoms with Gasteiger partial charge in [0.2, 0.25) is 5.91 Å². The summed E-state index contributed by atoms with van der Waals surface area (Å²) < 4.78 is 0. The normalized spacial score (nSPS) is 12.1. The van der Waals surface area contributed by atoms with Crippen LogP contribution in [0.15, 0.2) is 24.5 Å². The number of amides is 2. The molecule has 2 amide bonds. The minimum absolute atomic E-state index is 0.0917. The van der Waals surface area contributed by atoms with Gasteiger partial charge in [-0.05, 0) is 24.5 Å². The molecule has 1 rings (SSSR count). The lowest BCUT2D eigenvalue weighted by Gasteiger charge is -2.23. The summed E-state index contributed by atoms with van der Waals surface area (Å²) in [6.07, 6.45) is 3.71. The first-order valence-corrected chi connectivity index (χ1v) is 6.34. The zero-order valence-corrected chi connectivity index (χ0v) is 11.9. The van der Waals surface area contributed by atoms with E-state index in [0.717, 1.165) is 0 Å². The molecule has 0 spiro atoms. The summed E-state index contributed by atoms with van der Waals surface area (Å²) >= 11 is 0. The van der Waals surface area contributed by atoms with Gasteiger partial charge in [0.15, 0.2) is 0 Å².